The van der Waals surface area contributed by atoms with Gasteiger partial charge in [-0.1, -0.05) is 6.42 Å². The van der Waals surface area contributed by atoms with Crippen molar-refractivity contribution in [2.75, 3.05) is 0 Å². The van der Waals surface area contributed by atoms with E-state index in [0.717, 1.165) is 0 Å². The van der Waals surface area contributed by atoms with Gasteiger partial charge in [0.25, 0.3) is 0 Å². The molecule has 0 saturated heterocycles. The molecule has 2 aliphatic rings. The minimum Gasteiger partial charge on any atom is -0.480 e. The van der Waals surface area contributed by atoms with Gasteiger partial charge in [-0.2, -0.15) is 0 Å². The SMILES string of the molecule is CC(N)C(=O)NC1CC2CC(N)(C(=O)O)C(CCCB(O)O)C2C1. The van der Waals surface area contributed by atoms with Crippen molar-refractivity contribution in [3.63, 3.8) is 0 Å². The van der Waals surface area contributed by atoms with Crippen LogP contribution >= 0.6 is 0 Å². The van der Waals surface area contributed by atoms with Gasteiger partial charge in [0.2, 0.25) is 5.91 Å². The molecule has 0 bridgehead atoms. The molecule has 0 aromatic heterocycles. The molecule has 8 nitrogen and oxygen atoms in total. The van der Waals surface area contributed by atoms with Crippen LogP contribution in [0.4, 0.5) is 0 Å². The van der Waals surface area contributed by atoms with E-state index in [9.17, 15) is 14.7 Å². The van der Waals surface area contributed by atoms with Gasteiger partial charge < -0.3 is 31.9 Å². The second-order valence-electron chi connectivity index (χ2n) is 7.46. The number of carboxylic acid groups (broad SMARTS) is 1. The molecule has 8 N–H and O–H groups in total. The van der Waals surface area contributed by atoms with Crippen LogP contribution in [0.25, 0.3) is 0 Å². The molecular formula is C15H28BN3O5. The first-order valence-electron chi connectivity index (χ1n) is 8.59. The van der Waals surface area contributed by atoms with E-state index in [2.05, 4.69) is 5.32 Å². The topological polar surface area (TPSA) is 159 Å². The smallest absolute Gasteiger partial charge is 0.451 e. The molecule has 0 spiro atoms. The van der Waals surface area contributed by atoms with Gasteiger partial charge in [-0.15, -0.1) is 0 Å². The van der Waals surface area contributed by atoms with Crippen molar-refractivity contribution in [1.29, 1.82) is 0 Å². The lowest BCUT2D eigenvalue weighted by atomic mass is 9.75. The van der Waals surface area contributed by atoms with Gasteiger partial charge in [0.05, 0.1) is 6.04 Å². The van der Waals surface area contributed by atoms with Crippen LogP contribution in [0.15, 0.2) is 0 Å². The number of amides is 1. The summed E-state index contributed by atoms with van der Waals surface area (Å²) in [6, 6.07) is -0.567. The molecule has 6 unspecified atom stereocenters. The van der Waals surface area contributed by atoms with E-state index >= 15 is 0 Å². The summed E-state index contributed by atoms with van der Waals surface area (Å²) in [5, 5.41) is 30.5. The average Bonchev–Trinajstić information content (AvgIpc) is 2.95. The van der Waals surface area contributed by atoms with Crippen LogP contribution in [0.3, 0.4) is 0 Å². The molecular weight excluding hydrogens is 313 g/mol. The molecule has 0 aliphatic heterocycles. The summed E-state index contributed by atoms with van der Waals surface area (Å²) in [6.45, 7) is 1.63. The lowest BCUT2D eigenvalue weighted by Crippen LogP contribution is -2.53. The standard InChI is InChI=1S/C15H28BN3O5/c1-8(17)13(20)19-10-5-9-7-15(18,14(21)22)12(11(9)6-10)3-2-4-16(23)24/h8-12,23-24H,2-7,17-18H2,1H3,(H,19,20)(H,21,22). The number of carboxylic acids is 1. The second kappa shape index (κ2) is 7.39. The van der Waals surface area contributed by atoms with Crippen molar-refractivity contribution in [2.45, 2.75) is 63.0 Å². The summed E-state index contributed by atoms with van der Waals surface area (Å²) in [5.41, 5.74) is 10.5. The number of nitrogens with two attached hydrogens (primary N) is 2. The third-order valence-electron chi connectivity index (χ3n) is 5.66. The van der Waals surface area contributed by atoms with Gasteiger partial charge in [-0.05, 0) is 56.7 Å². The Kier molecular flexibility index (Phi) is 5.90. The van der Waals surface area contributed by atoms with E-state index in [1.54, 1.807) is 6.92 Å². The van der Waals surface area contributed by atoms with Gasteiger partial charge >= 0.3 is 13.1 Å². The van der Waals surface area contributed by atoms with Crippen LogP contribution in [-0.4, -0.2) is 51.8 Å². The van der Waals surface area contributed by atoms with E-state index in [0.29, 0.717) is 32.1 Å². The molecule has 1 amide bonds. The molecule has 2 saturated carbocycles. The Balaban J connectivity index is 2.04. The maximum atomic E-state index is 11.8. The highest BCUT2D eigenvalue weighted by molar-refractivity contribution is 6.40. The average molecular weight is 341 g/mol. The fraction of sp³-hybridized carbons (Fsp3) is 0.867. The van der Waals surface area contributed by atoms with Gasteiger partial charge in [0, 0.05) is 6.04 Å². The van der Waals surface area contributed by atoms with Crippen molar-refractivity contribution in [2.24, 2.45) is 29.2 Å². The number of carbonyl (C=O) groups is 2. The van der Waals surface area contributed by atoms with E-state index in [-0.39, 0.29) is 36.0 Å². The first-order chi connectivity index (χ1) is 11.1. The van der Waals surface area contributed by atoms with E-state index < -0.39 is 24.7 Å². The van der Waals surface area contributed by atoms with Crippen molar-refractivity contribution in [1.82, 2.24) is 5.32 Å². The van der Waals surface area contributed by atoms with Crippen LogP contribution in [0.5, 0.6) is 0 Å². The Bertz CT molecular complexity index is 490. The van der Waals surface area contributed by atoms with Crippen molar-refractivity contribution < 1.29 is 24.7 Å². The summed E-state index contributed by atoms with van der Waals surface area (Å²) in [6.07, 6.45) is 3.05. The Hall–Kier alpha value is -1.16. The van der Waals surface area contributed by atoms with Crippen molar-refractivity contribution >= 4 is 19.0 Å². The van der Waals surface area contributed by atoms with E-state index in [4.69, 9.17) is 21.5 Å². The summed E-state index contributed by atoms with van der Waals surface area (Å²) in [7, 11) is -1.39. The Labute approximate surface area is 142 Å². The number of hydrogen-bond acceptors (Lipinski definition) is 6. The second-order valence-corrected chi connectivity index (χ2v) is 7.46. The highest BCUT2D eigenvalue weighted by Crippen LogP contribution is 2.53. The summed E-state index contributed by atoms with van der Waals surface area (Å²) < 4.78 is 0. The predicted molar refractivity (Wildman–Crippen MR) is 88.7 cm³/mol. The van der Waals surface area contributed by atoms with Crippen LogP contribution in [0.2, 0.25) is 6.32 Å². The van der Waals surface area contributed by atoms with Crippen molar-refractivity contribution in [3.05, 3.63) is 0 Å². The Morgan fingerprint density at radius 1 is 1.38 bits per heavy atom. The third kappa shape index (κ3) is 3.91. The minimum atomic E-state index is -1.39. The zero-order valence-corrected chi connectivity index (χ0v) is 14.0. The van der Waals surface area contributed by atoms with Crippen LogP contribution < -0.4 is 16.8 Å². The quantitative estimate of drug-likeness (QED) is 0.321. The van der Waals surface area contributed by atoms with Gasteiger partial charge in [0.1, 0.15) is 5.54 Å². The predicted octanol–water partition coefficient (Wildman–Crippen LogP) is -1.10. The summed E-state index contributed by atoms with van der Waals surface area (Å²) in [4.78, 5) is 23.5. The first kappa shape index (κ1) is 19.2. The Morgan fingerprint density at radius 3 is 2.58 bits per heavy atom. The molecule has 0 radical (unpaired) electrons. The normalized spacial score (nSPS) is 36.2. The van der Waals surface area contributed by atoms with Crippen LogP contribution in [-0.2, 0) is 9.59 Å². The summed E-state index contributed by atoms with van der Waals surface area (Å²) in [5.74, 6) is -1.13. The zero-order valence-electron chi connectivity index (χ0n) is 14.0. The highest BCUT2D eigenvalue weighted by atomic mass is 16.4. The molecule has 136 valence electrons. The van der Waals surface area contributed by atoms with Crippen LogP contribution in [0, 0.1) is 17.8 Å². The minimum absolute atomic E-state index is 0.00257. The Morgan fingerprint density at radius 2 is 2.04 bits per heavy atom. The maximum Gasteiger partial charge on any atom is 0.451 e. The van der Waals surface area contributed by atoms with Gasteiger partial charge in [-0.25, -0.2) is 0 Å². The highest BCUT2D eigenvalue weighted by Gasteiger charge is 2.58. The van der Waals surface area contributed by atoms with E-state index in [1.807, 2.05) is 0 Å². The molecule has 0 aromatic rings. The lowest BCUT2D eigenvalue weighted by Gasteiger charge is -2.31. The molecule has 2 aliphatic carbocycles. The number of rotatable bonds is 7. The molecule has 0 heterocycles. The lowest BCUT2D eigenvalue weighted by molar-refractivity contribution is -0.145. The van der Waals surface area contributed by atoms with Crippen molar-refractivity contribution in [3.8, 4) is 0 Å². The molecule has 2 rings (SSSR count). The monoisotopic (exact) mass is 341 g/mol. The molecule has 6 atom stereocenters. The fourth-order valence-electron chi connectivity index (χ4n) is 4.54. The zero-order chi connectivity index (χ0) is 18.1. The van der Waals surface area contributed by atoms with Crippen LogP contribution in [0.1, 0.15) is 39.0 Å². The first-order valence-corrected chi connectivity index (χ1v) is 8.59. The number of nitrogens with one attached hydrogen (secondary N) is 1. The number of aliphatic carboxylic acids is 1. The van der Waals surface area contributed by atoms with E-state index in [1.165, 1.54) is 0 Å². The summed E-state index contributed by atoms with van der Waals surface area (Å²) >= 11 is 0. The van der Waals surface area contributed by atoms with Gasteiger partial charge in [-0.3, -0.25) is 9.59 Å². The molecule has 9 heteroatoms. The largest absolute Gasteiger partial charge is 0.480 e. The fourth-order valence-corrected chi connectivity index (χ4v) is 4.54. The maximum absolute atomic E-state index is 11.8. The number of fused-ring (bicyclic) bond motifs is 1. The third-order valence-corrected chi connectivity index (χ3v) is 5.66. The molecule has 0 aromatic carbocycles. The molecule has 2 fully saturated rings. The number of carbonyl (C=O) groups excluding carboxylic acids is 1. The molecule has 24 heavy (non-hydrogen) atoms. The van der Waals surface area contributed by atoms with Gasteiger partial charge in [0.15, 0.2) is 0 Å². The number of hydrogen-bond donors (Lipinski definition) is 6.